The predicted octanol–water partition coefficient (Wildman–Crippen LogP) is 0.612. The zero-order chi connectivity index (χ0) is 19.4. The van der Waals surface area contributed by atoms with Crippen LogP contribution in [0, 0.1) is 0 Å². The number of rotatable bonds is 6. The highest BCUT2D eigenvalue weighted by molar-refractivity contribution is 7.86. The molecular formula is C17H24N6O3S. The minimum Gasteiger partial charge on any atom is -0.335 e. The van der Waals surface area contributed by atoms with Gasteiger partial charge in [0.25, 0.3) is 16.1 Å². The Morgan fingerprint density at radius 3 is 2.30 bits per heavy atom. The Bertz CT molecular complexity index is 871. The molecule has 1 saturated heterocycles. The fraction of sp³-hybridized carbons (Fsp3) is 0.471. The van der Waals surface area contributed by atoms with E-state index in [4.69, 9.17) is 0 Å². The molecular weight excluding hydrogens is 368 g/mol. The number of carbonyl (C=O) groups excluding carboxylic acids is 1. The second kappa shape index (κ2) is 8.15. The molecule has 1 aliphatic rings. The second-order valence-electron chi connectivity index (χ2n) is 6.14. The minimum atomic E-state index is -3.47. The van der Waals surface area contributed by atoms with Crippen LogP contribution in [0.4, 0.5) is 0 Å². The first-order chi connectivity index (χ1) is 13.0. The summed E-state index contributed by atoms with van der Waals surface area (Å²) in [6, 6.07) is 9.34. The summed E-state index contributed by atoms with van der Waals surface area (Å²) in [6.07, 6.45) is 1.44. The molecule has 1 amide bonds. The molecule has 0 atom stereocenters. The standard InChI is InChI=1S/C17H24N6O3S/c1-3-21(4-2)27(25,26)22-12-10-20(11-13-22)17(24)16-14-18-23(19-16)15-8-6-5-7-9-15/h5-9,14H,3-4,10-13H2,1-2H3. The van der Waals surface area contributed by atoms with Crippen molar-refractivity contribution in [3.8, 4) is 5.69 Å². The summed E-state index contributed by atoms with van der Waals surface area (Å²) < 4.78 is 28.0. The third-order valence-electron chi connectivity index (χ3n) is 4.58. The molecule has 1 aromatic carbocycles. The third-order valence-corrected chi connectivity index (χ3v) is 6.77. The lowest BCUT2D eigenvalue weighted by atomic mass is 10.3. The van der Waals surface area contributed by atoms with Crippen LogP contribution in [0.3, 0.4) is 0 Å². The Labute approximate surface area is 159 Å². The summed E-state index contributed by atoms with van der Waals surface area (Å²) in [5.41, 5.74) is 1.02. The van der Waals surface area contributed by atoms with Crippen LogP contribution in [0.2, 0.25) is 0 Å². The minimum absolute atomic E-state index is 0.239. The van der Waals surface area contributed by atoms with Crippen molar-refractivity contribution in [1.29, 1.82) is 0 Å². The van der Waals surface area contributed by atoms with Crippen molar-refractivity contribution < 1.29 is 13.2 Å². The van der Waals surface area contributed by atoms with Crippen LogP contribution >= 0.6 is 0 Å². The van der Waals surface area contributed by atoms with Gasteiger partial charge < -0.3 is 4.90 Å². The first kappa shape index (κ1) is 19.5. The van der Waals surface area contributed by atoms with E-state index in [-0.39, 0.29) is 24.7 Å². The highest BCUT2D eigenvalue weighted by atomic mass is 32.2. The van der Waals surface area contributed by atoms with Gasteiger partial charge in [-0.3, -0.25) is 4.79 Å². The van der Waals surface area contributed by atoms with E-state index in [0.717, 1.165) is 5.69 Å². The second-order valence-corrected chi connectivity index (χ2v) is 8.07. The Kier molecular flexibility index (Phi) is 5.88. The highest BCUT2D eigenvalue weighted by Gasteiger charge is 2.32. The average molecular weight is 392 g/mol. The Morgan fingerprint density at radius 2 is 1.70 bits per heavy atom. The molecule has 0 saturated carbocycles. The van der Waals surface area contributed by atoms with Gasteiger partial charge in [0.15, 0.2) is 5.69 Å². The summed E-state index contributed by atoms with van der Waals surface area (Å²) in [4.78, 5) is 15.7. The van der Waals surface area contributed by atoms with Crippen molar-refractivity contribution in [2.45, 2.75) is 13.8 Å². The van der Waals surface area contributed by atoms with Crippen LogP contribution in [0.25, 0.3) is 5.69 Å². The molecule has 0 aliphatic carbocycles. The largest absolute Gasteiger partial charge is 0.335 e. The normalized spacial score (nSPS) is 16.0. The zero-order valence-electron chi connectivity index (χ0n) is 15.5. The zero-order valence-corrected chi connectivity index (χ0v) is 16.3. The lowest BCUT2D eigenvalue weighted by molar-refractivity contribution is 0.0688. The number of hydrogen-bond acceptors (Lipinski definition) is 5. The molecule has 1 fully saturated rings. The first-order valence-electron chi connectivity index (χ1n) is 8.99. The number of benzene rings is 1. The van der Waals surface area contributed by atoms with Crippen LogP contribution in [0.1, 0.15) is 24.3 Å². The maximum Gasteiger partial charge on any atom is 0.282 e. The van der Waals surface area contributed by atoms with Crippen LogP contribution in [-0.4, -0.2) is 82.1 Å². The van der Waals surface area contributed by atoms with E-state index in [1.165, 1.54) is 19.6 Å². The highest BCUT2D eigenvalue weighted by Crippen LogP contribution is 2.14. The smallest absolute Gasteiger partial charge is 0.282 e. The van der Waals surface area contributed by atoms with E-state index in [2.05, 4.69) is 10.2 Å². The molecule has 1 aliphatic heterocycles. The fourth-order valence-electron chi connectivity index (χ4n) is 3.04. The van der Waals surface area contributed by atoms with Crippen LogP contribution in [0.15, 0.2) is 36.5 Å². The maximum atomic E-state index is 12.7. The van der Waals surface area contributed by atoms with Crippen molar-refractivity contribution in [2.24, 2.45) is 0 Å². The molecule has 0 N–H and O–H groups in total. The Hall–Kier alpha value is -2.30. The van der Waals surface area contributed by atoms with Gasteiger partial charge in [0.2, 0.25) is 0 Å². The van der Waals surface area contributed by atoms with Crippen LogP contribution in [0.5, 0.6) is 0 Å². The van der Waals surface area contributed by atoms with Gasteiger partial charge in [-0.15, -0.1) is 5.10 Å². The average Bonchev–Trinajstić information content (AvgIpc) is 3.19. The molecule has 1 aromatic heterocycles. The van der Waals surface area contributed by atoms with Crippen molar-refractivity contribution in [3.63, 3.8) is 0 Å². The van der Waals surface area contributed by atoms with Crippen molar-refractivity contribution in [1.82, 2.24) is 28.5 Å². The van der Waals surface area contributed by atoms with Crippen molar-refractivity contribution >= 4 is 16.1 Å². The van der Waals surface area contributed by atoms with Crippen LogP contribution in [-0.2, 0) is 10.2 Å². The number of piperazine rings is 1. The number of aromatic nitrogens is 3. The van der Waals surface area contributed by atoms with E-state index in [9.17, 15) is 13.2 Å². The molecule has 2 aromatic rings. The molecule has 146 valence electrons. The summed E-state index contributed by atoms with van der Waals surface area (Å²) in [5.74, 6) is -0.239. The molecule has 9 nitrogen and oxygen atoms in total. The van der Waals surface area contributed by atoms with E-state index in [1.54, 1.807) is 4.90 Å². The molecule has 0 unspecified atom stereocenters. The third kappa shape index (κ3) is 4.02. The van der Waals surface area contributed by atoms with E-state index >= 15 is 0 Å². The summed E-state index contributed by atoms with van der Waals surface area (Å²) in [6.45, 7) is 5.71. The van der Waals surface area contributed by atoms with Gasteiger partial charge in [0, 0.05) is 39.3 Å². The van der Waals surface area contributed by atoms with Gasteiger partial charge >= 0.3 is 0 Å². The van der Waals surface area contributed by atoms with E-state index in [1.807, 2.05) is 44.2 Å². The van der Waals surface area contributed by atoms with Gasteiger partial charge in [-0.1, -0.05) is 32.0 Å². The van der Waals surface area contributed by atoms with Crippen molar-refractivity contribution in [2.75, 3.05) is 39.3 Å². The monoisotopic (exact) mass is 392 g/mol. The fourth-order valence-corrected chi connectivity index (χ4v) is 4.65. The van der Waals surface area contributed by atoms with Gasteiger partial charge in [0.1, 0.15) is 0 Å². The molecule has 10 heteroatoms. The number of para-hydroxylation sites is 1. The first-order valence-corrected chi connectivity index (χ1v) is 10.4. The summed E-state index contributed by atoms with van der Waals surface area (Å²) in [5, 5.41) is 8.40. The quantitative estimate of drug-likeness (QED) is 0.718. The van der Waals surface area contributed by atoms with Gasteiger partial charge in [-0.2, -0.15) is 26.9 Å². The molecule has 27 heavy (non-hydrogen) atoms. The number of nitrogens with zero attached hydrogens (tertiary/aromatic N) is 6. The number of hydrogen-bond donors (Lipinski definition) is 0. The van der Waals surface area contributed by atoms with Gasteiger partial charge in [-0.05, 0) is 12.1 Å². The number of amides is 1. The molecule has 3 rings (SSSR count). The SMILES string of the molecule is CCN(CC)S(=O)(=O)N1CCN(C(=O)c2cnn(-c3ccccc3)n2)CC1. The lowest BCUT2D eigenvalue weighted by Gasteiger charge is -2.36. The predicted molar refractivity (Wildman–Crippen MR) is 101 cm³/mol. The summed E-state index contributed by atoms with van der Waals surface area (Å²) in [7, 11) is -3.47. The van der Waals surface area contributed by atoms with Gasteiger partial charge in [-0.25, -0.2) is 0 Å². The van der Waals surface area contributed by atoms with Crippen LogP contribution < -0.4 is 0 Å². The lowest BCUT2D eigenvalue weighted by Crippen LogP contribution is -2.54. The Balaban J connectivity index is 1.65. The van der Waals surface area contributed by atoms with Gasteiger partial charge in [0.05, 0.1) is 11.9 Å². The maximum absolute atomic E-state index is 12.7. The van der Waals surface area contributed by atoms with E-state index < -0.39 is 10.2 Å². The topological polar surface area (TPSA) is 91.6 Å². The molecule has 2 heterocycles. The molecule has 0 spiro atoms. The molecule has 0 bridgehead atoms. The Morgan fingerprint density at radius 1 is 1.07 bits per heavy atom. The van der Waals surface area contributed by atoms with E-state index in [0.29, 0.717) is 26.2 Å². The number of carbonyl (C=O) groups is 1. The van der Waals surface area contributed by atoms with Crippen molar-refractivity contribution in [3.05, 3.63) is 42.2 Å². The summed E-state index contributed by atoms with van der Waals surface area (Å²) >= 11 is 0. The molecule has 0 radical (unpaired) electrons.